The molecule has 2 heterocycles. The van der Waals surface area contributed by atoms with Gasteiger partial charge in [0.25, 0.3) is 5.91 Å². The van der Waals surface area contributed by atoms with Crippen molar-refractivity contribution in [1.29, 1.82) is 0 Å². The number of primary amides is 1. The first kappa shape index (κ1) is 11.8. The van der Waals surface area contributed by atoms with Crippen molar-refractivity contribution in [3.8, 4) is 11.6 Å². The number of hydrogen-bond acceptors (Lipinski definition) is 5. The molecule has 0 fully saturated rings. The summed E-state index contributed by atoms with van der Waals surface area (Å²) < 4.78 is 5.45. The standard InChI is InChI=1S/C12H12N4O2/c1-7-2-3-8(6-15-7)18-12-9(13)4-5-10(16-12)11(14)17/h2-6H,13H2,1H3,(H2,14,17). The van der Waals surface area contributed by atoms with Gasteiger partial charge in [0.05, 0.1) is 11.9 Å². The Labute approximate surface area is 104 Å². The third-order valence-electron chi connectivity index (χ3n) is 2.24. The van der Waals surface area contributed by atoms with Crippen LogP contribution in [0.4, 0.5) is 5.69 Å². The van der Waals surface area contributed by atoms with Gasteiger partial charge in [-0.25, -0.2) is 4.98 Å². The number of aryl methyl sites for hydroxylation is 1. The third-order valence-corrected chi connectivity index (χ3v) is 2.24. The van der Waals surface area contributed by atoms with Gasteiger partial charge in [0, 0.05) is 5.69 Å². The smallest absolute Gasteiger partial charge is 0.267 e. The average molecular weight is 244 g/mol. The lowest BCUT2D eigenvalue weighted by atomic mass is 10.3. The van der Waals surface area contributed by atoms with E-state index in [1.165, 1.54) is 12.1 Å². The molecular weight excluding hydrogens is 232 g/mol. The van der Waals surface area contributed by atoms with Gasteiger partial charge in [0.2, 0.25) is 5.88 Å². The molecule has 0 aromatic carbocycles. The van der Waals surface area contributed by atoms with Crippen molar-refractivity contribution in [3.05, 3.63) is 41.9 Å². The largest absolute Gasteiger partial charge is 0.435 e. The normalized spacial score (nSPS) is 10.1. The van der Waals surface area contributed by atoms with Crippen LogP contribution in [0.3, 0.4) is 0 Å². The fraction of sp³-hybridized carbons (Fsp3) is 0.0833. The van der Waals surface area contributed by atoms with Gasteiger partial charge in [-0.3, -0.25) is 9.78 Å². The Morgan fingerprint density at radius 2 is 2.06 bits per heavy atom. The van der Waals surface area contributed by atoms with Crippen LogP contribution in [0.15, 0.2) is 30.5 Å². The molecule has 2 aromatic heterocycles. The van der Waals surface area contributed by atoms with Crippen LogP contribution in [0.25, 0.3) is 0 Å². The summed E-state index contributed by atoms with van der Waals surface area (Å²) in [4.78, 5) is 19.0. The van der Waals surface area contributed by atoms with Crippen molar-refractivity contribution in [1.82, 2.24) is 9.97 Å². The third kappa shape index (κ3) is 2.54. The van der Waals surface area contributed by atoms with Gasteiger partial charge in [-0.05, 0) is 31.2 Å². The molecule has 2 rings (SSSR count). The number of rotatable bonds is 3. The van der Waals surface area contributed by atoms with Crippen LogP contribution in [0.5, 0.6) is 11.6 Å². The maximum atomic E-state index is 11.0. The van der Waals surface area contributed by atoms with Gasteiger partial charge >= 0.3 is 0 Å². The van der Waals surface area contributed by atoms with Gasteiger partial charge in [0.15, 0.2) is 0 Å². The number of amides is 1. The van der Waals surface area contributed by atoms with E-state index in [0.29, 0.717) is 11.4 Å². The fourth-order valence-electron chi connectivity index (χ4n) is 1.30. The van der Waals surface area contributed by atoms with Crippen LogP contribution in [-0.2, 0) is 0 Å². The predicted molar refractivity (Wildman–Crippen MR) is 66.2 cm³/mol. The maximum absolute atomic E-state index is 11.0. The van der Waals surface area contributed by atoms with Crippen LogP contribution in [0.1, 0.15) is 16.2 Å². The number of ether oxygens (including phenoxy) is 1. The molecule has 0 aliphatic carbocycles. The number of carbonyl (C=O) groups is 1. The molecule has 0 aliphatic heterocycles. The first-order chi connectivity index (χ1) is 8.56. The highest BCUT2D eigenvalue weighted by Crippen LogP contribution is 2.24. The molecule has 0 radical (unpaired) electrons. The van der Waals surface area contributed by atoms with Crippen molar-refractivity contribution in [2.75, 3.05) is 5.73 Å². The molecule has 0 saturated carbocycles. The summed E-state index contributed by atoms with van der Waals surface area (Å²) >= 11 is 0. The summed E-state index contributed by atoms with van der Waals surface area (Å²) in [5, 5.41) is 0. The predicted octanol–water partition coefficient (Wildman–Crippen LogP) is 1.26. The molecule has 6 heteroatoms. The molecule has 4 N–H and O–H groups in total. The van der Waals surface area contributed by atoms with E-state index in [-0.39, 0.29) is 11.6 Å². The Kier molecular flexibility index (Phi) is 3.09. The molecule has 2 aromatic rings. The van der Waals surface area contributed by atoms with Crippen molar-refractivity contribution < 1.29 is 9.53 Å². The minimum Gasteiger partial charge on any atom is -0.435 e. The number of nitrogens with zero attached hydrogens (tertiary/aromatic N) is 2. The Bertz CT molecular complexity index is 581. The molecule has 0 aliphatic rings. The van der Waals surface area contributed by atoms with Crippen molar-refractivity contribution in [3.63, 3.8) is 0 Å². The van der Waals surface area contributed by atoms with E-state index in [9.17, 15) is 4.79 Å². The summed E-state index contributed by atoms with van der Waals surface area (Å²) in [6.45, 7) is 1.87. The van der Waals surface area contributed by atoms with E-state index in [2.05, 4.69) is 9.97 Å². The van der Waals surface area contributed by atoms with Gasteiger partial charge in [0.1, 0.15) is 11.4 Å². The molecule has 0 unspecified atom stereocenters. The van der Waals surface area contributed by atoms with E-state index in [4.69, 9.17) is 16.2 Å². The molecule has 1 amide bonds. The number of anilines is 1. The number of hydrogen-bond donors (Lipinski definition) is 2. The zero-order chi connectivity index (χ0) is 13.1. The van der Waals surface area contributed by atoms with Crippen molar-refractivity contribution >= 4 is 11.6 Å². The number of nitrogens with two attached hydrogens (primary N) is 2. The van der Waals surface area contributed by atoms with Crippen LogP contribution in [0.2, 0.25) is 0 Å². The molecule has 6 nitrogen and oxygen atoms in total. The highest BCUT2D eigenvalue weighted by atomic mass is 16.5. The van der Waals surface area contributed by atoms with Crippen LogP contribution in [-0.4, -0.2) is 15.9 Å². The van der Waals surface area contributed by atoms with Crippen molar-refractivity contribution in [2.24, 2.45) is 5.73 Å². The molecule has 92 valence electrons. The Hall–Kier alpha value is -2.63. The minimum atomic E-state index is -0.637. The zero-order valence-electron chi connectivity index (χ0n) is 9.75. The highest BCUT2D eigenvalue weighted by molar-refractivity contribution is 5.91. The van der Waals surface area contributed by atoms with Crippen molar-refractivity contribution in [2.45, 2.75) is 6.92 Å². The van der Waals surface area contributed by atoms with E-state index >= 15 is 0 Å². The lowest BCUT2D eigenvalue weighted by Crippen LogP contribution is -2.13. The van der Waals surface area contributed by atoms with E-state index in [1.54, 1.807) is 18.3 Å². The Morgan fingerprint density at radius 3 is 2.67 bits per heavy atom. The van der Waals surface area contributed by atoms with Gasteiger partial charge < -0.3 is 16.2 Å². The molecule has 18 heavy (non-hydrogen) atoms. The van der Waals surface area contributed by atoms with Gasteiger partial charge in [-0.2, -0.15) is 0 Å². The zero-order valence-corrected chi connectivity index (χ0v) is 9.75. The summed E-state index contributed by atoms with van der Waals surface area (Å²) in [6, 6.07) is 6.49. The molecule has 0 bridgehead atoms. The van der Waals surface area contributed by atoms with Gasteiger partial charge in [-0.15, -0.1) is 0 Å². The summed E-state index contributed by atoms with van der Waals surface area (Å²) in [7, 11) is 0. The van der Waals surface area contributed by atoms with E-state index in [0.717, 1.165) is 5.69 Å². The fourth-order valence-corrected chi connectivity index (χ4v) is 1.30. The highest BCUT2D eigenvalue weighted by Gasteiger charge is 2.09. The number of carbonyl (C=O) groups excluding carboxylic acids is 1. The Balaban J connectivity index is 2.30. The number of aromatic nitrogens is 2. The first-order valence-corrected chi connectivity index (χ1v) is 5.23. The summed E-state index contributed by atoms with van der Waals surface area (Å²) in [5.74, 6) is -0.0137. The van der Waals surface area contributed by atoms with Crippen LogP contribution in [0, 0.1) is 6.92 Å². The topological polar surface area (TPSA) is 104 Å². The second-order valence-electron chi connectivity index (χ2n) is 3.69. The van der Waals surface area contributed by atoms with Crippen LogP contribution >= 0.6 is 0 Å². The summed E-state index contributed by atoms with van der Waals surface area (Å²) in [5.41, 5.74) is 12.1. The maximum Gasteiger partial charge on any atom is 0.267 e. The van der Waals surface area contributed by atoms with E-state index < -0.39 is 5.91 Å². The average Bonchev–Trinajstić information content (AvgIpc) is 2.34. The molecule has 0 saturated heterocycles. The monoisotopic (exact) mass is 244 g/mol. The van der Waals surface area contributed by atoms with Gasteiger partial charge in [-0.1, -0.05) is 0 Å². The second-order valence-corrected chi connectivity index (χ2v) is 3.69. The molecule has 0 spiro atoms. The SMILES string of the molecule is Cc1ccc(Oc2nc(C(N)=O)ccc2N)cn1. The lowest BCUT2D eigenvalue weighted by Gasteiger charge is -2.07. The van der Waals surface area contributed by atoms with Crippen LogP contribution < -0.4 is 16.2 Å². The summed E-state index contributed by atoms with van der Waals surface area (Å²) in [6.07, 6.45) is 1.55. The first-order valence-electron chi connectivity index (χ1n) is 5.23. The van der Waals surface area contributed by atoms with E-state index in [1.807, 2.05) is 6.92 Å². The second kappa shape index (κ2) is 4.70. The number of nitrogen functional groups attached to an aromatic ring is 1. The lowest BCUT2D eigenvalue weighted by molar-refractivity contribution is 0.0995. The quantitative estimate of drug-likeness (QED) is 0.845. The minimum absolute atomic E-state index is 0.0965. The Morgan fingerprint density at radius 1 is 1.28 bits per heavy atom. The molecule has 0 atom stereocenters. The molecular formula is C12H12N4O2. The number of pyridine rings is 2.